The Morgan fingerprint density at radius 2 is 2.18 bits per heavy atom. The summed E-state index contributed by atoms with van der Waals surface area (Å²) in [5.41, 5.74) is 0.866. The molecule has 0 amide bonds. The molecule has 0 aromatic heterocycles. The highest BCUT2D eigenvalue weighted by Crippen LogP contribution is 2.41. The molecule has 1 fully saturated rings. The standard InChI is InChI=1S/C16H18O/c1-3-5-13-16(4-2)15(17-16)12-11-14-9-7-6-8-10-14/h2,6-12,15H,3,5,13H2,1H3/b12-11+/t15-,16-/m0/s1. The smallest absolute Gasteiger partial charge is 0.158 e. The van der Waals surface area contributed by atoms with Crippen molar-refractivity contribution in [2.24, 2.45) is 0 Å². The zero-order valence-corrected chi connectivity index (χ0v) is 10.2. The molecule has 0 unspecified atom stereocenters. The van der Waals surface area contributed by atoms with Crippen LogP contribution in [0.3, 0.4) is 0 Å². The predicted molar refractivity (Wildman–Crippen MR) is 71.4 cm³/mol. The molecule has 1 nitrogen and oxygen atoms in total. The van der Waals surface area contributed by atoms with Gasteiger partial charge in [0, 0.05) is 0 Å². The van der Waals surface area contributed by atoms with E-state index in [1.807, 2.05) is 18.2 Å². The maximum Gasteiger partial charge on any atom is 0.158 e. The van der Waals surface area contributed by atoms with E-state index in [0.717, 1.165) is 19.3 Å². The van der Waals surface area contributed by atoms with Gasteiger partial charge in [0.05, 0.1) is 0 Å². The minimum absolute atomic E-state index is 0.0965. The van der Waals surface area contributed by atoms with E-state index < -0.39 is 0 Å². The van der Waals surface area contributed by atoms with Gasteiger partial charge in [0.1, 0.15) is 6.10 Å². The lowest BCUT2D eigenvalue weighted by Crippen LogP contribution is -2.10. The minimum atomic E-state index is -0.318. The number of terminal acetylenes is 1. The van der Waals surface area contributed by atoms with E-state index >= 15 is 0 Å². The van der Waals surface area contributed by atoms with Crippen molar-refractivity contribution in [3.05, 3.63) is 42.0 Å². The van der Waals surface area contributed by atoms with E-state index in [-0.39, 0.29) is 11.7 Å². The van der Waals surface area contributed by atoms with Crippen LogP contribution in [0, 0.1) is 12.3 Å². The summed E-state index contributed by atoms with van der Waals surface area (Å²) >= 11 is 0. The first-order valence-corrected chi connectivity index (χ1v) is 6.19. The van der Waals surface area contributed by atoms with Gasteiger partial charge in [-0.15, -0.1) is 6.42 Å². The molecule has 2 atom stereocenters. The topological polar surface area (TPSA) is 12.5 Å². The van der Waals surface area contributed by atoms with Crippen molar-refractivity contribution in [3.63, 3.8) is 0 Å². The highest BCUT2D eigenvalue weighted by Gasteiger charge is 2.52. The van der Waals surface area contributed by atoms with E-state index in [0.29, 0.717) is 0 Å². The lowest BCUT2D eigenvalue weighted by atomic mass is 9.98. The van der Waals surface area contributed by atoms with Crippen molar-refractivity contribution in [2.45, 2.75) is 37.9 Å². The molecule has 2 rings (SSSR count). The minimum Gasteiger partial charge on any atom is -0.348 e. The van der Waals surface area contributed by atoms with Gasteiger partial charge in [-0.1, -0.05) is 61.7 Å². The number of rotatable bonds is 5. The maximum atomic E-state index is 5.65. The van der Waals surface area contributed by atoms with Crippen LogP contribution < -0.4 is 0 Å². The van der Waals surface area contributed by atoms with E-state index in [4.69, 9.17) is 11.2 Å². The third-order valence-corrected chi connectivity index (χ3v) is 3.15. The van der Waals surface area contributed by atoms with Crippen LogP contribution in [0.5, 0.6) is 0 Å². The molecule has 1 aromatic rings. The van der Waals surface area contributed by atoms with Gasteiger partial charge in [-0.2, -0.15) is 0 Å². The number of hydrogen-bond donors (Lipinski definition) is 0. The molecule has 0 radical (unpaired) electrons. The van der Waals surface area contributed by atoms with Crippen molar-refractivity contribution >= 4 is 6.08 Å². The summed E-state index contributed by atoms with van der Waals surface area (Å²) in [6, 6.07) is 10.2. The van der Waals surface area contributed by atoms with Crippen molar-refractivity contribution in [1.29, 1.82) is 0 Å². The second kappa shape index (κ2) is 5.21. The Morgan fingerprint density at radius 3 is 2.82 bits per heavy atom. The fourth-order valence-electron chi connectivity index (χ4n) is 1.98. The molecule has 1 heteroatoms. The average Bonchev–Trinajstić information content (AvgIpc) is 3.09. The fourth-order valence-corrected chi connectivity index (χ4v) is 1.98. The number of ether oxygens (including phenoxy) is 1. The predicted octanol–water partition coefficient (Wildman–Crippen LogP) is 3.66. The first-order valence-electron chi connectivity index (χ1n) is 6.19. The Kier molecular flexibility index (Phi) is 3.66. The van der Waals surface area contributed by atoms with Gasteiger partial charge in [-0.05, 0) is 18.4 Å². The molecule has 1 saturated heterocycles. The van der Waals surface area contributed by atoms with Gasteiger partial charge in [-0.25, -0.2) is 0 Å². The second-order valence-electron chi connectivity index (χ2n) is 4.45. The Hall–Kier alpha value is -1.52. The summed E-state index contributed by atoms with van der Waals surface area (Å²) in [4.78, 5) is 0. The molecule has 0 bridgehead atoms. The van der Waals surface area contributed by atoms with Gasteiger partial charge in [-0.3, -0.25) is 0 Å². The van der Waals surface area contributed by atoms with Crippen molar-refractivity contribution < 1.29 is 4.74 Å². The molecule has 0 spiro atoms. The van der Waals surface area contributed by atoms with Crippen LogP contribution in [0.1, 0.15) is 31.7 Å². The highest BCUT2D eigenvalue weighted by molar-refractivity contribution is 5.51. The molecule has 1 heterocycles. The van der Waals surface area contributed by atoms with E-state index in [9.17, 15) is 0 Å². The SMILES string of the molecule is C#C[C@@]1(CCCC)O[C@H]1/C=C/c1ccccc1. The van der Waals surface area contributed by atoms with Crippen LogP contribution in [0.2, 0.25) is 0 Å². The van der Waals surface area contributed by atoms with Gasteiger partial charge >= 0.3 is 0 Å². The molecule has 88 valence electrons. The van der Waals surface area contributed by atoms with Crippen LogP contribution in [0.4, 0.5) is 0 Å². The van der Waals surface area contributed by atoms with Crippen molar-refractivity contribution in [3.8, 4) is 12.3 Å². The number of hydrogen-bond acceptors (Lipinski definition) is 1. The lowest BCUT2D eigenvalue weighted by Gasteiger charge is -2.01. The molecule has 1 aromatic carbocycles. The summed E-state index contributed by atoms with van der Waals surface area (Å²) in [5, 5.41) is 0. The Balaban J connectivity index is 1.94. The zero-order chi connectivity index (χ0) is 12.1. The first kappa shape index (κ1) is 12.0. The van der Waals surface area contributed by atoms with Crippen LogP contribution in [-0.4, -0.2) is 11.7 Å². The van der Waals surface area contributed by atoms with Crippen molar-refractivity contribution in [1.82, 2.24) is 0 Å². The summed E-state index contributed by atoms with van der Waals surface area (Å²) < 4.78 is 5.65. The van der Waals surface area contributed by atoms with Crippen LogP contribution in [0.25, 0.3) is 6.08 Å². The molecule has 1 aliphatic rings. The second-order valence-corrected chi connectivity index (χ2v) is 4.45. The third-order valence-electron chi connectivity index (χ3n) is 3.15. The monoisotopic (exact) mass is 226 g/mol. The third kappa shape index (κ3) is 2.78. The summed E-state index contributed by atoms with van der Waals surface area (Å²) in [7, 11) is 0. The number of unbranched alkanes of at least 4 members (excludes halogenated alkanes) is 1. The average molecular weight is 226 g/mol. The fraction of sp³-hybridized carbons (Fsp3) is 0.375. The molecular weight excluding hydrogens is 208 g/mol. The molecule has 0 aliphatic carbocycles. The van der Waals surface area contributed by atoms with Crippen LogP contribution in [0.15, 0.2) is 36.4 Å². The lowest BCUT2D eigenvalue weighted by molar-refractivity contribution is 0.330. The summed E-state index contributed by atoms with van der Waals surface area (Å²) in [5.74, 6) is 2.80. The Bertz CT molecular complexity index is 427. The first-order chi connectivity index (χ1) is 8.30. The maximum absolute atomic E-state index is 5.65. The van der Waals surface area contributed by atoms with E-state index in [2.05, 4.69) is 37.1 Å². The molecule has 0 saturated carbocycles. The van der Waals surface area contributed by atoms with Crippen molar-refractivity contribution in [2.75, 3.05) is 0 Å². The molecule has 1 aliphatic heterocycles. The van der Waals surface area contributed by atoms with E-state index in [1.54, 1.807) is 0 Å². The van der Waals surface area contributed by atoms with E-state index in [1.165, 1.54) is 5.56 Å². The van der Waals surface area contributed by atoms with Gasteiger partial charge < -0.3 is 4.74 Å². The van der Waals surface area contributed by atoms with Crippen LogP contribution in [-0.2, 0) is 4.74 Å². The molecular formula is C16H18O. The largest absolute Gasteiger partial charge is 0.348 e. The molecule has 0 N–H and O–H groups in total. The quantitative estimate of drug-likeness (QED) is 0.551. The van der Waals surface area contributed by atoms with Gasteiger partial charge in [0.15, 0.2) is 5.60 Å². The van der Waals surface area contributed by atoms with Crippen LogP contribution >= 0.6 is 0 Å². The molecule has 17 heavy (non-hydrogen) atoms. The summed E-state index contributed by atoms with van der Waals surface area (Å²) in [6.07, 6.45) is 13.1. The highest BCUT2D eigenvalue weighted by atomic mass is 16.6. The number of benzene rings is 1. The normalized spacial score (nSPS) is 26.9. The van der Waals surface area contributed by atoms with Gasteiger partial charge in [0.2, 0.25) is 0 Å². The number of epoxide rings is 1. The van der Waals surface area contributed by atoms with Gasteiger partial charge in [0.25, 0.3) is 0 Å². The zero-order valence-electron chi connectivity index (χ0n) is 10.2. The summed E-state index contributed by atoms with van der Waals surface area (Å²) in [6.45, 7) is 2.17. The Morgan fingerprint density at radius 1 is 1.41 bits per heavy atom. The Labute approximate surface area is 103 Å².